The van der Waals surface area contributed by atoms with Gasteiger partial charge in [-0.1, -0.05) is 30.3 Å². The van der Waals surface area contributed by atoms with Gasteiger partial charge in [0.25, 0.3) is 5.84 Å². The average molecular weight is 333 g/mol. The number of carbonyl (C=O) groups excluding carboxylic acids is 1. The summed E-state index contributed by atoms with van der Waals surface area (Å²) in [7, 11) is 0. The molecule has 22 heavy (non-hydrogen) atoms. The summed E-state index contributed by atoms with van der Waals surface area (Å²) in [6.45, 7) is 0. The van der Waals surface area contributed by atoms with Crippen LogP contribution in [0.15, 0.2) is 64.7 Å². The number of rotatable bonds is 3. The van der Waals surface area contributed by atoms with Crippen LogP contribution in [-0.2, 0) is 5.88 Å². The quantitative estimate of drug-likeness (QED) is 0.353. The van der Waals surface area contributed by atoms with Crippen LogP contribution in [0.25, 0.3) is 0 Å². The van der Waals surface area contributed by atoms with Crippen LogP contribution >= 0.6 is 23.2 Å². The summed E-state index contributed by atoms with van der Waals surface area (Å²) < 4.78 is -0.504. The summed E-state index contributed by atoms with van der Waals surface area (Å²) in [4.78, 5) is 16.5. The van der Waals surface area contributed by atoms with Crippen molar-refractivity contribution in [3.63, 3.8) is 0 Å². The predicted octanol–water partition coefficient (Wildman–Crippen LogP) is 4.50. The van der Waals surface area contributed by atoms with Crippen molar-refractivity contribution in [2.75, 3.05) is 0 Å². The minimum atomic E-state index is -0.650. The first-order valence-corrected chi connectivity index (χ1v) is 7.52. The monoisotopic (exact) mass is 332 g/mol. The van der Waals surface area contributed by atoms with E-state index in [-0.39, 0.29) is 0 Å². The highest BCUT2D eigenvalue weighted by atomic mass is 35.5. The molecule has 110 valence electrons. The fourth-order valence-corrected chi connectivity index (χ4v) is 2.79. The number of amides is 1. The van der Waals surface area contributed by atoms with Crippen LogP contribution in [0.5, 0.6) is 0 Å². The standard InChI is InChI=1S/C16H12Cl2N3O/c17-10-12-5-4-8-14(9-12)21(16(18)22)15(19-11-20-21)13-6-2-1-3-7-13/h1-9,11H,10H2/q+1. The Morgan fingerprint density at radius 3 is 2.55 bits per heavy atom. The van der Waals surface area contributed by atoms with Crippen LogP contribution in [-0.4, -0.2) is 17.5 Å². The lowest BCUT2D eigenvalue weighted by Crippen LogP contribution is -2.50. The Morgan fingerprint density at radius 1 is 1.09 bits per heavy atom. The van der Waals surface area contributed by atoms with Gasteiger partial charge in [0, 0.05) is 29.6 Å². The zero-order chi connectivity index (χ0) is 15.6. The molecule has 2 aromatic rings. The summed E-state index contributed by atoms with van der Waals surface area (Å²) >= 11 is 11.8. The minimum absolute atomic E-state index is 0.339. The normalized spacial score (nSPS) is 20.0. The Morgan fingerprint density at radius 2 is 1.86 bits per heavy atom. The minimum Gasteiger partial charge on any atom is -0.209 e. The van der Waals surface area contributed by atoms with Gasteiger partial charge in [0.2, 0.25) is 0 Å². The first-order valence-electron chi connectivity index (χ1n) is 6.61. The van der Waals surface area contributed by atoms with Crippen molar-refractivity contribution < 1.29 is 4.79 Å². The molecule has 1 heterocycles. The number of nitrogens with zero attached hydrogens (tertiary/aromatic N) is 3. The van der Waals surface area contributed by atoms with Crippen molar-refractivity contribution >= 4 is 46.4 Å². The molecule has 1 unspecified atom stereocenters. The number of carbonyl (C=O) groups is 1. The zero-order valence-electron chi connectivity index (χ0n) is 11.5. The van der Waals surface area contributed by atoms with Crippen LogP contribution in [0.1, 0.15) is 11.1 Å². The molecule has 0 aliphatic carbocycles. The molecule has 0 aromatic heterocycles. The second kappa shape index (κ2) is 6.01. The van der Waals surface area contributed by atoms with Crippen LogP contribution in [0, 0.1) is 0 Å². The van der Waals surface area contributed by atoms with E-state index >= 15 is 0 Å². The van der Waals surface area contributed by atoms with Gasteiger partial charge in [-0.05, 0) is 27.4 Å². The first-order chi connectivity index (χ1) is 10.7. The number of alkyl halides is 1. The Balaban J connectivity index is 2.19. The molecule has 1 aliphatic heterocycles. The smallest absolute Gasteiger partial charge is 0.209 e. The van der Waals surface area contributed by atoms with Crippen molar-refractivity contribution in [3.05, 3.63) is 65.7 Å². The summed E-state index contributed by atoms with van der Waals surface area (Å²) in [5.41, 5.74) is 2.27. The van der Waals surface area contributed by atoms with E-state index in [9.17, 15) is 4.79 Å². The van der Waals surface area contributed by atoms with Crippen molar-refractivity contribution in [1.82, 2.24) is 4.59 Å². The number of hydrogen-bond acceptors (Lipinski definition) is 3. The Labute approximate surface area is 137 Å². The van der Waals surface area contributed by atoms with Crippen LogP contribution in [0.3, 0.4) is 0 Å². The first kappa shape index (κ1) is 14.9. The van der Waals surface area contributed by atoms with E-state index in [1.54, 1.807) is 6.07 Å². The van der Waals surface area contributed by atoms with Gasteiger partial charge >= 0.3 is 5.37 Å². The topological polar surface area (TPSA) is 41.8 Å². The lowest BCUT2D eigenvalue weighted by Gasteiger charge is -2.23. The van der Waals surface area contributed by atoms with E-state index in [4.69, 9.17) is 23.2 Å². The number of halogens is 2. The molecule has 0 fully saturated rings. The summed E-state index contributed by atoms with van der Waals surface area (Å²) in [5.74, 6) is 0.804. The zero-order valence-corrected chi connectivity index (χ0v) is 13.0. The molecule has 0 spiro atoms. The number of hydrogen-bond donors (Lipinski definition) is 0. The van der Waals surface area contributed by atoms with Gasteiger partial charge in [0.1, 0.15) is 0 Å². The number of aliphatic imine (C=N–C) groups is 1. The molecule has 1 atom stereocenters. The van der Waals surface area contributed by atoms with E-state index in [2.05, 4.69) is 10.1 Å². The molecule has 0 bridgehead atoms. The number of quaternary nitrogens is 1. The highest BCUT2D eigenvalue weighted by Gasteiger charge is 2.48. The van der Waals surface area contributed by atoms with Gasteiger partial charge in [-0.3, -0.25) is 0 Å². The van der Waals surface area contributed by atoms with E-state index in [0.717, 1.165) is 11.1 Å². The molecule has 0 N–H and O–H groups in total. The third kappa shape index (κ3) is 2.35. The summed E-state index contributed by atoms with van der Waals surface area (Å²) in [6.07, 6.45) is 1.36. The second-order valence-corrected chi connectivity index (χ2v) is 5.33. The van der Waals surface area contributed by atoms with Crippen LogP contribution in [0.4, 0.5) is 10.5 Å². The van der Waals surface area contributed by atoms with E-state index < -0.39 is 9.96 Å². The third-order valence-electron chi connectivity index (χ3n) is 3.44. The van der Waals surface area contributed by atoms with Gasteiger partial charge in [-0.15, -0.1) is 11.6 Å². The van der Waals surface area contributed by atoms with Gasteiger partial charge in [-0.2, -0.15) is 4.99 Å². The van der Waals surface area contributed by atoms with Gasteiger partial charge in [-0.25, -0.2) is 4.79 Å². The molecule has 6 heteroatoms. The molecule has 3 rings (SSSR count). The van der Waals surface area contributed by atoms with Gasteiger partial charge in [0.15, 0.2) is 12.0 Å². The maximum Gasteiger partial charge on any atom is 0.450 e. The molecule has 4 nitrogen and oxygen atoms in total. The Kier molecular flexibility index (Phi) is 4.07. The highest BCUT2D eigenvalue weighted by molar-refractivity contribution is 6.67. The van der Waals surface area contributed by atoms with Crippen molar-refractivity contribution in [2.24, 2.45) is 10.1 Å². The largest absolute Gasteiger partial charge is 0.450 e. The maximum absolute atomic E-state index is 12.3. The predicted molar refractivity (Wildman–Crippen MR) is 90.5 cm³/mol. The van der Waals surface area contributed by atoms with Crippen LogP contribution in [0.2, 0.25) is 0 Å². The highest BCUT2D eigenvalue weighted by Crippen LogP contribution is 2.33. The number of benzene rings is 2. The van der Waals surface area contributed by atoms with Crippen molar-refractivity contribution in [2.45, 2.75) is 5.88 Å². The molecule has 1 amide bonds. The maximum atomic E-state index is 12.3. The Bertz CT molecular complexity index is 774. The molecular formula is C16H12Cl2N3O+. The lowest BCUT2D eigenvalue weighted by molar-refractivity contribution is 0.244. The molecular weight excluding hydrogens is 321 g/mol. The van der Waals surface area contributed by atoms with Crippen LogP contribution < -0.4 is 4.59 Å². The molecule has 0 radical (unpaired) electrons. The summed E-state index contributed by atoms with van der Waals surface area (Å²) in [5, 5.41) is 3.60. The fourth-order valence-electron chi connectivity index (χ4n) is 2.40. The molecule has 0 saturated heterocycles. The Hall–Kier alpha value is -2.01. The SMILES string of the molecule is O=C(Cl)[N+]1(c2cccc(CCl)c2)N=CN=C1c1ccccc1. The fraction of sp³-hybridized carbons (Fsp3) is 0.0625. The van der Waals surface area contributed by atoms with Gasteiger partial charge in [0.05, 0.1) is 5.56 Å². The van der Waals surface area contributed by atoms with E-state index in [1.807, 2.05) is 48.5 Å². The average Bonchev–Trinajstić information content (AvgIpc) is 3.02. The van der Waals surface area contributed by atoms with Gasteiger partial charge < -0.3 is 0 Å². The molecule has 2 aromatic carbocycles. The lowest BCUT2D eigenvalue weighted by atomic mass is 10.1. The summed E-state index contributed by atoms with van der Waals surface area (Å²) in [6, 6.07) is 16.7. The van der Waals surface area contributed by atoms with E-state index in [0.29, 0.717) is 17.4 Å². The number of amidine groups is 1. The third-order valence-corrected chi connectivity index (χ3v) is 3.99. The van der Waals surface area contributed by atoms with Crippen molar-refractivity contribution in [1.29, 1.82) is 0 Å². The molecule has 0 saturated carbocycles. The van der Waals surface area contributed by atoms with E-state index in [1.165, 1.54) is 6.34 Å². The van der Waals surface area contributed by atoms with Crippen molar-refractivity contribution in [3.8, 4) is 0 Å². The second-order valence-electron chi connectivity index (χ2n) is 4.74. The molecule has 1 aliphatic rings.